The Morgan fingerprint density at radius 3 is 2.81 bits per heavy atom. The Bertz CT molecular complexity index is 467. The first-order valence-corrected chi connectivity index (χ1v) is 7.82. The molecule has 1 aliphatic carbocycles. The topological polar surface area (TPSA) is 38.7 Å². The van der Waals surface area contributed by atoms with E-state index in [-0.39, 0.29) is 6.61 Å². The molecule has 0 radical (unpaired) electrons. The van der Waals surface area contributed by atoms with Crippen molar-refractivity contribution >= 4 is 0 Å². The largest absolute Gasteiger partial charge is 0.491 e. The number of hydrogen-bond donors (Lipinski definition) is 1. The molecule has 1 aromatic carbocycles. The third-order valence-corrected chi connectivity index (χ3v) is 3.56. The minimum atomic E-state index is 0.0989. The van der Waals surface area contributed by atoms with Crippen molar-refractivity contribution in [3.63, 3.8) is 0 Å². The summed E-state index contributed by atoms with van der Waals surface area (Å²) in [5, 5.41) is 8.71. The number of aliphatic hydroxyl groups is 1. The first-order valence-electron chi connectivity index (χ1n) is 7.82. The van der Waals surface area contributed by atoms with E-state index in [1.54, 1.807) is 0 Å². The number of ether oxygens (including phenoxy) is 2. The number of hydrogen-bond acceptors (Lipinski definition) is 3. The average molecular weight is 288 g/mol. The molecule has 1 saturated carbocycles. The van der Waals surface area contributed by atoms with Gasteiger partial charge in [-0.1, -0.05) is 37.2 Å². The lowest BCUT2D eigenvalue weighted by Crippen LogP contribution is -2.19. The van der Waals surface area contributed by atoms with Crippen LogP contribution in [0, 0.1) is 11.8 Å². The van der Waals surface area contributed by atoms with Crippen LogP contribution in [0.4, 0.5) is 0 Å². The quantitative estimate of drug-likeness (QED) is 0.645. The molecule has 0 saturated heterocycles. The summed E-state index contributed by atoms with van der Waals surface area (Å²) in [5.41, 5.74) is 0.911. The Hall–Kier alpha value is -1.50. The van der Waals surface area contributed by atoms with Crippen molar-refractivity contribution in [2.24, 2.45) is 0 Å². The molecule has 1 fully saturated rings. The van der Waals surface area contributed by atoms with Crippen molar-refractivity contribution in [1.29, 1.82) is 0 Å². The molecule has 0 aromatic heterocycles. The maximum atomic E-state index is 8.71. The second-order valence-corrected chi connectivity index (χ2v) is 5.28. The van der Waals surface area contributed by atoms with Crippen LogP contribution in [0.25, 0.3) is 0 Å². The molecular formula is C18H24O3. The highest BCUT2D eigenvalue weighted by atomic mass is 16.5. The van der Waals surface area contributed by atoms with E-state index in [1.165, 1.54) is 32.1 Å². The Balaban J connectivity index is 1.70. The smallest absolute Gasteiger partial charge is 0.120 e. The van der Waals surface area contributed by atoms with Gasteiger partial charge in [-0.2, -0.15) is 0 Å². The summed E-state index contributed by atoms with van der Waals surface area (Å²) in [5.74, 6) is 6.73. The average Bonchev–Trinajstić information content (AvgIpc) is 2.53. The lowest BCUT2D eigenvalue weighted by Gasteiger charge is -2.21. The van der Waals surface area contributed by atoms with Crippen LogP contribution in [0.3, 0.4) is 0 Å². The monoisotopic (exact) mass is 288 g/mol. The second kappa shape index (κ2) is 9.44. The Morgan fingerprint density at radius 2 is 2.00 bits per heavy atom. The summed E-state index contributed by atoms with van der Waals surface area (Å²) in [4.78, 5) is 0. The SMILES string of the molecule is OCCC#Cc1cccc(OCCOC2CCCCC2)c1. The molecule has 0 heterocycles. The van der Waals surface area contributed by atoms with Crippen LogP contribution in [0.2, 0.25) is 0 Å². The van der Waals surface area contributed by atoms with Gasteiger partial charge < -0.3 is 14.6 Å². The molecular weight excluding hydrogens is 264 g/mol. The van der Waals surface area contributed by atoms with E-state index in [4.69, 9.17) is 14.6 Å². The molecule has 3 nitrogen and oxygen atoms in total. The van der Waals surface area contributed by atoms with E-state index in [0.717, 1.165) is 11.3 Å². The van der Waals surface area contributed by atoms with Gasteiger partial charge in [0.05, 0.1) is 19.3 Å². The third-order valence-electron chi connectivity index (χ3n) is 3.56. The van der Waals surface area contributed by atoms with Crippen molar-refractivity contribution in [3.05, 3.63) is 29.8 Å². The number of rotatable bonds is 6. The van der Waals surface area contributed by atoms with Crippen molar-refractivity contribution in [2.45, 2.75) is 44.6 Å². The van der Waals surface area contributed by atoms with Gasteiger partial charge in [0.15, 0.2) is 0 Å². The summed E-state index contributed by atoms with van der Waals surface area (Å²) in [6.07, 6.45) is 7.24. The zero-order chi connectivity index (χ0) is 14.8. The second-order valence-electron chi connectivity index (χ2n) is 5.28. The van der Waals surface area contributed by atoms with Crippen LogP contribution in [0.1, 0.15) is 44.1 Å². The van der Waals surface area contributed by atoms with Crippen LogP contribution in [0.5, 0.6) is 5.75 Å². The fraction of sp³-hybridized carbons (Fsp3) is 0.556. The van der Waals surface area contributed by atoms with Crippen molar-refractivity contribution in [3.8, 4) is 17.6 Å². The fourth-order valence-corrected chi connectivity index (χ4v) is 2.49. The third kappa shape index (κ3) is 6.20. The van der Waals surface area contributed by atoms with E-state index in [1.807, 2.05) is 24.3 Å². The first-order chi connectivity index (χ1) is 10.4. The van der Waals surface area contributed by atoms with E-state index < -0.39 is 0 Å². The predicted octanol–water partition coefficient (Wildman–Crippen LogP) is 3.15. The van der Waals surface area contributed by atoms with Gasteiger partial charge in [0.1, 0.15) is 12.4 Å². The minimum Gasteiger partial charge on any atom is -0.491 e. The maximum absolute atomic E-state index is 8.71. The molecule has 1 N–H and O–H groups in total. The van der Waals surface area contributed by atoms with E-state index in [0.29, 0.717) is 25.7 Å². The van der Waals surface area contributed by atoms with Crippen molar-refractivity contribution in [2.75, 3.05) is 19.8 Å². The van der Waals surface area contributed by atoms with Gasteiger partial charge in [-0.05, 0) is 31.0 Å². The van der Waals surface area contributed by atoms with Crippen molar-refractivity contribution < 1.29 is 14.6 Å². The number of benzene rings is 1. The molecule has 114 valence electrons. The van der Waals surface area contributed by atoms with Gasteiger partial charge in [-0.3, -0.25) is 0 Å². The predicted molar refractivity (Wildman–Crippen MR) is 83.3 cm³/mol. The molecule has 0 bridgehead atoms. The lowest BCUT2D eigenvalue weighted by molar-refractivity contribution is 0.0129. The summed E-state index contributed by atoms with van der Waals surface area (Å²) in [7, 11) is 0. The molecule has 1 aromatic rings. The van der Waals surface area contributed by atoms with E-state index >= 15 is 0 Å². The Kier molecular flexibility index (Phi) is 7.14. The highest BCUT2D eigenvalue weighted by Gasteiger charge is 2.13. The van der Waals surface area contributed by atoms with Gasteiger partial charge in [-0.25, -0.2) is 0 Å². The summed E-state index contributed by atoms with van der Waals surface area (Å²) in [6, 6.07) is 7.72. The van der Waals surface area contributed by atoms with Gasteiger partial charge >= 0.3 is 0 Å². The van der Waals surface area contributed by atoms with Crippen LogP contribution in [0.15, 0.2) is 24.3 Å². The maximum Gasteiger partial charge on any atom is 0.120 e. The lowest BCUT2D eigenvalue weighted by atomic mass is 9.98. The highest BCUT2D eigenvalue weighted by molar-refractivity contribution is 5.39. The zero-order valence-corrected chi connectivity index (χ0v) is 12.5. The van der Waals surface area contributed by atoms with E-state index in [2.05, 4.69) is 11.8 Å². The number of aliphatic hydroxyl groups excluding tert-OH is 1. The van der Waals surface area contributed by atoms with E-state index in [9.17, 15) is 0 Å². The summed E-state index contributed by atoms with van der Waals surface area (Å²) >= 11 is 0. The Morgan fingerprint density at radius 1 is 1.14 bits per heavy atom. The molecule has 1 aliphatic rings. The molecule has 0 atom stereocenters. The Labute approximate surface area is 127 Å². The summed E-state index contributed by atoms with van der Waals surface area (Å²) < 4.78 is 11.5. The van der Waals surface area contributed by atoms with Crippen molar-refractivity contribution in [1.82, 2.24) is 0 Å². The minimum absolute atomic E-state index is 0.0989. The van der Waals surface area contributed by atoms with Crippen LogP contribution in [-0.4, -0.2) is 31.0 Å². The van der Waals surface area contributed by atoms with Crippen LogP contribution in [-0.2, 0) is 4.74 Å². The molecule has 0 aliphatic heterocycles. The van der Waals surface area contributed by atoms with Gasteiger partial charge in [0.25, 0.3) is 0 Å². The first kappa shape index (κ1) is 15.9. The fourth-order valence-electron chi connectivity index (χ4n) is 2.49. The molecule has 21 heavy (non-hydrogen) atoms. The highest BCUT2D eigenvalue weighted by Crippen LogP contribution is 2.20. The standard InChI is InChI=1S/C18H24O3/c19-12-5-4-7-16-8-6-11-18(15-16)21-14-13-20-17-9-2-1-3-10-17/h6,8,11,15,17,19H,1-3,5,9-10,12-14H2. The molecule has 3 heteroatoms. The summed E-state index contributed by atoms with van der Waals surface area (Å²) in [6.45, 7) is 1.32. The van der Waals surface area contributed by atoms with Crippen LogP contribution >= 0.6 is 0 Å². The van der Waals surface area contributed by atoms with Gasteiger partial charge in [-0.15, -0.1) is 0 Å². The molecule has 0 unspecified atom stereocenters. The zero-order valence-electron chi connectivity index (χ0n) is 12.5. The normalized spacial score (nSPS) is 15.3. The molecule has 0 amide bonds. The van der Waals surface area contributed by atoms with Gasteiger partial charge in [0, 0.05) is 12.0 Å². The van der Waals surface area contributed by atoms with Crippen LogP contribution < -0.4 is 4.74 Å². The van der Waals surface area contributed by atoms with Gasteiger partial charge in [0.2, 0.25) is 0 Å². The molecule has 0 spiro atoms. The molecule has 2 rings (SSSR count).